The van der Waals surface area contributed by atoms with Crippen molar-refractivity contribution in [2.24, 2.45) is 0 Å². The largest absolute Gasteiger partial charge is 0.469 e. The van der Waals surface area contributed by atoms with Gasteiger partial charge < -0.3 is 23.8 Å². The van der Waals surface area contributed by atoms with Crippen molar-refractivity contribution in [3.63, 3.8) is 0 Å². The van der Waals surface area contributed by atoms with Gasteiger partial charge in [-0.05, 0) is 37.0 Å². The van der Waals surface area contributed by atoms with Gasteiger partial charge in [-0.25, -0.2) is 0 Å². The van der Waals surface area contributed by atoms with Crippen LogP contribution in [0.1, 0.15) is 46.1 Å². The van der Waals surface area contributed by atoms with Gasteiger partial charge in [-0.2, -0.15) is 5.06 Å². The van der Waals surface area contributed by atoms with Gasteiger partial charge in [0.15, 0.2) is 14.6 Å². The quantitative estimate of drug-likeness (QED) is 0.338. The summed E-state index contributed by atoms with van der Waals surface area (Å²) in [6.45, 7) is 13.5. The number of ether oxygens (including phenoxy) is 3. The molecule has 1 aliphatic rings. The van der Waals surface area contributed by atoms with Crippen molar-refractivity contribution < 1.29 is 28.6 Å². The second-order valence-electron chi connectivity index (χ2n) is 9.68. The van der Waals surface area contributed by atoms with E-state index < -0.39 is 26.8 Å². The summed E-state index contributed by atoms with van der Waals surface area (Å²) in [5, 5.41) is 12.4. The molecule has 2 rings (SSSR count). The van der Waals surface area contributed by atoms with E-state index in [-0.39, 0.29) is 23.5 Å². The van der Waals surface area contributed by atoms with Crippen LogP contribution in [-0.4, -0.2) is 62.8 Å². The van der Waals surface area contributed by atoms with Gasteiger partial charge in [-0.1, -0.05) is 51.1 Å². The number of nitrogens with zero attached hydrogens (tertiary/aromatic N) is 1. The molecule has 0 aliphatic carbocycles. The van der Waals surface area contributed by atoms with Crippen LogP contribution in [0.5, 0.6) is 0 Å². The number of methoxy groups -OCH3 is 1. The predicted octanol–water partition coefficient (Wildman–Crippen LogP) is 4.35. The van der Waals surface area contributed by atoms with Crippen LogP contribution in [0.15, 0.2) is 30.3 Å². The molecule has 1 fully saturated rings. The zero-order valence-corrected chi connectivity index (χ0v) is 21.0. The van der Waals surface area contributed by atoms with Gasteiger partial charge in [0.25, 0.3) is 0 Å². The van der Waals surface area contributed by atoms with E-state index in [0.717, 1.165) is 5.56 Å². The van der Waals surface area contributed by atoms with Crippen molar-refractivity contribution in [1.82, 2.24) is 5.06 Å². The van der Waals surface area contributed by atoms with Crippen LogP contribution in [0.3, 0.4) is 0 Å². The maximum Gasteiger partial charge on any atom is 0.305 e. The van der Waals surface area contributed by atoms with E-state index in [1.165, 1.54) is 12.2 Å². The molecule has 1 aromatic carbocycles. The lowest BCUT2D eigenvalue weighted by atomic mass is 9.99. The van der Waals surface area contributed by atoms with E-state index in [0.29, 0.717) is 19.6 Å². The highest BCUT2D eigenvalue weighted by Crippen LogP contribution is 2.39. The molecule has 1 saturated heterocycles. The fourth-order valence-corrected chi connectivity index (χ4v) is 4.72. The minimum absolute atomic E-state index is 0.0189. The third-order valence-corrected chi connectivity index (χ3v) is 10.8. The number of hydroxylamine groups is 2. The highest BCUT2D eigenvalue weighted by molar-refractivity contribution is 6.74. The van der Waals surface area contributed by atoms with Crippen molar-refractivity contribution in [2.45, 2.75) is 89.8 Å². The number of hydrogen-bond acceptors (Lipinski definition) is 7. The van der Waals surface area contributed by atoms with Crippen LogP contribution in [0, 0.1) is 0 Å². The van der Waals surface area contributed by atoms with Crippen molar-refractivity contribution in [3.8, 4) is 0 Å². The van der Waals surface area contributed by atoms with Gasteiger partial charge in [0, 0.05) is 13.0 Å². The summed E-state index contributed by atoms with van der Waals surface area (Å²) >= 11 is 0. The Morgan fingerprint density at radius 3 is 2.52 bits per heavy atom. The molecule has 31 heavy (non-hydrogen) atoms. The number of carbonyl (C=O) groups excluding carboxylic acids is 1. The maximum absolute atomic E-state index is 11.9. The standard InChI is InChI=1S/C23H39NO6Si/c1-17-28-16-20(30-31(6,7)23(2,3)4)22(29-17)19(13-14-21(25)27-5)24(26)15-18-11-9-8-10-12-18/h8-12,17,19-20,22,26H,13-16H2,1-7H3/t17-,19?,20-,22+/m1/s1. The summed E-state index contributed by atoms with van der Waals surface area (Å²) in [6, 6.07) is 9.26. The van der Waals surface area contributed by atoms with Crippen LogP contribution < -0.4 is 0 Å². The van der Waals surface area contributed by atoms with Crippen LogP contribution >= 0.6 is 0 Å². The van der Waals surface area contributed by atoms with E-state index in [4.69, 9.17) is 18.6 Å². The Kier molecular flexibility index (Phi) is 9.23. The first-order valence-corrected chi connectivity index (χ1v) is 13.9. The highest BCUT2D eigenvalue weighted by Gasteiger charge is 2.45. The molecule has 1 heterocycles. The molecule has 4 atom stereocenters. The average Bonchev–Trinajstić information content (AvgIpc) is 2.69. The van der Waals surface area contributed by atoms with E-state index in [9.17, 15) is 10.0 Å². The van der Waals surface area contributed by atoms with Gasteiger partial charge in [-0.15, -0.1) is 0 Å². The minimum Gasteiger partial charge on any atom is -0.469 e. The van der Waals surface area contributed by atoms with Crippen LogP contribution in [0.25, 0.3) is 0 Å². The zero-order chi connectivity index (χ0) is 23.2. The maximum atomic E-state index is 11.9. The molecular formula is C23H39NO6Si. The SMILES string of the molecule is COC(=O)CCC([C@@H]1O[C@H](C)OC[C@H]1O[Si](C)(C)C(C)(C)C)N(O)Cc1ccccc1. The van der Waals surface area contributed by atoms with Crippen molar-refractivity contribution >= 4 is 14.3 Å². The Morgan fingerprint density at radius 1 is 1.29 bits per heavy atom. The topological polar surface area (TPSA) is 77.5 Å². The normalized spacial score (nSPS) is 23.6. The molecule has 1 N–H and O–H groups in total. The van der Waals surface area contributed by atoms with Gasteiger partial charge >= 0.3 is 5.97 Å². The molecule has 1 aliphatic heterocycles. The fraction of sp³-hybridized carbons (Fsp3) is 0.696. The number of rotatable bonds is 9. The van der Waals surface area contributed by atoms with E-state index in [1.54, 1.807) is 0 Å². The zero-order valence-electron chi connectivity index (χ0n) is 20.0. The average molecular weight is 454 g/mol. The second kappa shape index (κ2) is 11.0. The number of esters is 1. The molecule has 1 unspecified atom stereocenters. The monoisotopic (exact) mass is 453 g/mol. The van der Waals surface area contributed by atoms with E-state index >= 15 is 0 Å². The second-order valence-corrected chi connectivity index (χ2v) is 14.4. The summed E-state index contributed by atoms with van der Waals surface area (Å²) in [5.74, 6) is -0.319. The Bertz CT molecular complexity index is 693. The smallest absolute Gasteiger partial charge is 0.305 e. The summed E-state index contributed by atoms with van der Waals surface area (Å²) in [4.78, 5) is 11.9. The molecule has 7 nitrogen and oxygen atoms in total. The Labute approximate surface area is 187 Å². The summed E-state index contributed by atoms with van der Waals surface area (Å²) < 4.78 is 23.4. The molecule has 0 bridgehead atoms. The fourth-order valence-electron chi connectivity index (χ4n) is 3.41. The molecule has 176 valence electrons. The molecule has 0 aromatic heterocycles. The first-order valence-electron chi connectivity index (χ1n) is 11.0. The molecular weight excluding hydrogens is 414 g/mol. The van der Waals surface area contributed by atoms with Crippen molar-refractivity contribution in [2.75, 3.05) is 13.7 Å². The Hall–Kier alpha value is -1.29. The Morgan fingerprint density at radius 2 is 1.94 bits per heavy atom. The van der Waals surface area contributed by atoms with Crippen LogP contribution in [0.4, 0.5) is 0 Å². The highest BCUT2D eigenvalue weighted by atomic mass is 28.4. The third-order valence-electron chi connectivity index (χ3n) is 6.28. The molecule has 8 heteroatoms. The molecule has 0 spiro atoms. The van der Waals surface area contributed by atoms with Crippen LogP contribution in [0.2, 0.25) is 18.1 Å². The van der Waals surface area contributed by atoms with Crippen molar-refractivity contribution in [3.05, 3.63) is 35.9 Å². The number of carbonyl (C=O) groups is 1. The molecule has 0 saturated carbocycles. The van der Waals surface area contributed by atoms with Gasteiger partial charge in [0.1, 0.15) is 6.10 Å². The van der Waals surface area contributed by atoms with Crippen LogP contribution in [-0.2, 0) is 30.0 Å². The predicted molar refractivity (Wildman–Crippen MR) is 121 cm³/mol. The molecule has 0 radical (unpaired) electrons. The number of benzene rings is 1. The first-order chi connectivity index (χ1) is 14.4. The molecule has 0 amide bonds. The lowest BCUT2D eigenvalue weighted by molar-refractivity contribution is -0.278. The van der Waals surface area contributed by atoms with Crippen molar-refractivity contribution in [1.29, 1.82) is 0 Å². The first kappa shape index (κ1) is 26.0. The summed E-state index contributed by atoms with van der Waals surface area (Å²) in [5.41, 5.74) is 0.968. The summed E-state index contributed by atoms with van der Waals surface area (Å²) in [6.07, 6.45) is -0.656. The molecule has 1 aromatic rings. The lowest BCUT2D eigenvalue weighted by Crippen LogP contribution is -2.58. The summed E-state index contributed by atoms with van der Waals surface area (Å²) in [7, 11) is -0.745. The lowest BCUT2D eigenvalue weighted by Gasteiger charge is -2.46. The van der Waals surface area contributed by atoms with Gasteiger partial charge in [0.2, 0.25) is 0 Å². The van der Waals surface area contributed by atoms with E-state index in [1.807, 2.05) is 37.3 Å². The van der Waals surface area contributed by atoms with E-state index in [2.05, 4.69) is 33.9 Å². The number of hydrogen-bond donors (Lipinski definition) is 1. The van der Waals surface area contributed by atoms with Gasteiger partial charge in [0.05, 0.1) is 25.9 Å². The Balaban J connectivity index is 2.28. The van der Waals surface area contributed by atoms with Gasteiger partial charge in [-0.3, -0.25) is 4.79 Å². The third kappa shape index (κ3) is 7.37. The minimum atomic E-state index is -2.11.